The maximum Gasteiger partial charge on any atom is 0.307 e. The molecule has 2 atom stereocenters. The number of nitrogens with zero attached hydrogens (tertiary/aromatic N) is 1. The van der Waals surface area contributed by atoms with Crippen molar-refractivity contribution in [1.82, 2.24) is 4.98 Å². The molecule has 0 bridgehead atoms. The number of hydrogen-bond acceptors (Lipinski definition) is 3. The van der Waals surface area contributed by atoms with Gasteiger partial charge in [-0.15, -0.1) is 0 Å². The van der Waals surface area contributed by atoms with Crippen LogP contribution in [0, 0.1) is 11.7 Å². The lowest BCUT2D eigenvalue weighted by molar-refractivity contribution is -0.138. The molecule has 2 aromatic rings. The van der Waals surface area contributed by atoms with Gasteiger partial charge in [0, 0.05) is 12.0 Å². The number of hydrogen-bond donors (Lipinski definition) is 1. The van der Waals surface area contributed by atoms with Crippen LogP contribution in [0.25, 0.3) is 11.1 Å². The van der Waals surface area contributed by atoms with E-state index in [9.17, 15) is 9.18 Å². The first kappa shape index (κ1) is 9.33. The van der Waals surface area contributed by atoms with E-state index in [1.807, 2.05) is 0 Å². The summed E-state index contributed by atoms with van der Waals surface area (Å²) in [4.78, 5) is 14.8. The van der Waals surface area contributed by atoms with Crippen molar-refractivity contribution in [2.45, 2.75) is 12.3 Å². The van der Waals surface area contributed by atoms with Crippen molar-refractivity contribution < 1.29 is 18.7 Å². The molecule has 16 heavy (non-hydrogen) atoms. The van der Waals surface area contributed by atoms with Crippen molar-refractivity contribution in [2.75, 3.05) is 0 Å². The van der Waals surface area contributed by atoms with Crippen LogP contribution in [0.2, 0.25) is 0 Å². The Morgan fingerprint density at radius 1 is 1.56 bits per heavy atom. The molecule has 1 fully saturated rings. The summed E-state index contributed by atoms with van der Waals surface area (Å²) >= 11 is 0. The lowest BCUT2D eigenvalue weighted by Crippen LogP contribution is -1.98. The molecule has 5 heteroatoms. The second-order valence-electron chi connectivity index (χ2n) is 3.95. The molecule has 4 nitrogen and oxygen atoms in total. The summed E-state index contributed by atoms with van der Waals surface area (Å²) < 4.78 is 18.2. The predicted molar refractivity (Wildman–Crippen MR) is 52.5 cm³/mol. The molecule has 1 N–H and O–H groups in total. The number of carboxylic acids is 1. The Morgan fingerprint density at radius 3 is 3.06 bits per heavy atom. The SMILES string of the molecule is O=C(O)[C@H]1C[C@@H]1c1nc2ccc(F)cc2o1. The molecule has 82 valence electrons. The quantitative estimate of drug-likeness (QED) is 0.843. The van der Waals surface area contributed by atoms with Gasteiger partial charge in [0.25, 0.3) is 0 Å². The Morgan fingerprint density at radius 2 is 2.38 bits per heavy atom. The molecule has 1 aromatic heterocycles. The van der Waals surface area contributed by atoms with Crippen LogP contribution in [0.1, 0.15) is 18.2 Å². The maximum atomic E-state index is 12.9. The van der Waals surface area contributed by atoms with Crippen molar-refractivity contribution in [2.24, 2.45) is 5.92 Å². The topological polar surface area (TPSA) is 63.3 Å². The molecule has 1 heterocycles. The van der Waals surface area contributed by atoms with Crippen LogP contribution in [-0.4, -0.2) is 16.1 Å². The first-order chi connectivity index (χ1) is 7.65. The second-order valence-corrected chi connectivity index (χ2v) is 3.95. The summed E-state index contributed by atoms with van der Waals surface area (Å²) in [5.74, 6) is -1.39. The zero-order valence-corrected chi connectivity index (χ0v) is 8.18. The van der Waals surface area contributed by atoms with Gasteiger partial charge in [0.15, 0.2) is 11.5 Å². The molecule has 1 aliphatic carbocycles. The van der Waals surface area contributed by atoms with E-state index in [1.165, 1.54) is 18.2 Å². The zero-order valence-electron chi connectivity index (χ0n) is 8.18. The minimum atomic E-state index is -0.835. The van der Waals surface area contributed by atoms with E-state index in [0.717, 1.165) is 0 Å². The van der Waals surface area contributed by atoms with Gasteiger partial charge in [0.2, 0.25) is 0 Å². The van der Waals surface area contributed by atoms with Crippen molar-refractivity contribution in [3.8, 4) is 0 Å². The molecule has 0 saturated heterocycles. The van der Waals surface area contributed by atoms with Gasteiger partial charge in [-0.25, -0.2) is 9.37 Å². The highest BCUT2D eigenvalue weighted by molar-refractivity contribution is 5.76. The predicted octanol–water partition coefficient (Wildman–Crippen LogP) is 2.16. The number of halogens is 1. The van der Waals surface area contributed by atoms with Gasteiger partial charge >= 0.3 is 5.97 Å². The van der Waals surface area contributed by atoms with Gasteiger partial charge < -0.3 is 9.52 Å². The van der Waals surface area contributed by atoms with Gasteiger partial charge in [-0.2, -0.15) is 0 Å². The van der Waals surface area contributed by atoms with Crippen LogP contribution in [0.5, 0.6) is 0 Å². The Balaban J connectivity index is 1.98. The summed E-state index contributed by atoms with van der Waals surface area (Å²) in [5.41, 5.74) is 0.929. The van der Waals surface area contributed by atoms with Gasteiger partial charge in [-0.3, -0.25) is 4.79 Å². The fourth-order valence-electron chi connectivity index (χ4n) is 1.82. The van der Waals surface area contributed by atoms with Gasteiger partial charge in [0.1, 0.15) is 11.3 Å². The largest absolute Gasteiger partial charge is 0.481 e. The number of fused-ring (bicyclic) bond motifs is 1. The molecular formula is C11H8FNO3. The minimum absolute atomic E-state index is 0.159. The van der Waals surface area contributed by atoms with Crippen molar-refractivity contribution in [3.05, 3.63) is 29.9 Å². The number of carboxylic acid groups (broad SMARTS) is 1. The average molecular weight is 221 g/mol. The average Bonchev–Trinajstić information content (AvgIpc) is 2.93. The highest BCUT2D eigenvalue weighted by atomic mass is 19.1. The molecular weight excluding hydrogens is 213 g/mol. The van der Waals surface area contributed by atoms with Gasteiger partial charge in [-0.1, -0.05) is 0 Å². The number of aliphatic carboxylic acids is 1. The number of benzene rings is 1. The summed E-state index contributed by atoms with van der Waals surface area (Å²) in [5, 5.41) is 8.77. The number of oxazole rings is 1. The standard InChI is InChI=1S/C11H8FNO3/c12-5-1-2-8-9(3-5)16-10(13-8)6-4-7(6)11(14)15/h1-3,6-7H,4H2,(H,14,15)/t6-,7-/m0/s1. The summed E-state index contributed by atoms with van der Waals surface area (Å²) in [6, 6.07) is 4.08. The summed E-state index contributed by atoms with van der Waals surface area (Å²) in [7, 11) is 0. The molecule has 1 aliphatic rings. The molecule has 0 unspecified atom stereocenters. The van der Waals surface area contributed by atoms with E-state index < -0.39 is 11.9 Å². The lowest BCUT2D eigenvalue weighted by Gasteiger charge is -1.88. The third kappa shape index (κ3) is 1.36. The third-order valence-electron chi connectivity index (χ3n) is 2.79. The molecule has 1 saturated carbocycles. The van der Waals surface area contributed by atoms with Crippen LogP contribution < -0.4 is 0 Å². The second kappa shape index (κ2) is 3.04. The third-order valence-corrected chi connectivity index (χ3v) is 2.79. The number of aromatic nitrogens is 1. The van der Waals surface area contributed by atoms with E-state index in [4.69, 9.17) is 9.52 Å². The number of rotatable bonds is 2. The normalized spacial score (nSPS) is 23.6. The van der Waals surface area contributed by atoms with Crippen LogP contribution in [-0.2, 0) is 4.79 Å². The Hall–Kier alpha value is -1.91. The monoisotopic (exact) mass is 221 g/mol. The lowest BCUT2D eigenvalue weighted by atomic mass is 10.3. The fourth-order valence-corrected chi connectivity index (χ4v) is 1.82. The minimum Gasteiger partial charge on any atom is -0.481 e. The number of carbonyl (C=O) groups is 1. The van der Waals surface area contributed by atoms with Gasteiger partial charge in [-0.05, 0) is 18.6 Å². The summed E-state index contributed by atoms with van der Waals surface area (Å²) in [6.07, 6.45) is 0.546. The van der Waals surface area contributed by atoms with Crippen LogP contribution >= 0.6 is 0 Å². The van der Waals surface area contributed by atoms with Crippen LogP contribution in [0.3, 0.4) is 0 Å². The van der Waals surface area contributed by atoms with Crippen LogP contribution in [0.15, 0.2) is 22.6 Å². The molecule has 3 rings (SSSR count). The van der Waals surface area contributed by atoms with E-state index in [0.29, 0.717) is 23.4 Å². The first-order valence-electron chi connectivity index (χ1n) is 4.94. The van der Waals surface area contributed by atoms with Gasteiger partial charge in [0.05, 0.1) is 5.92 Å². The van der Waals surface area contributed by atoms with Crippen molar-refractivity contribution >= 4 is 17.1 Å². The smallest absolute Gasteiger partial charge is 0.307 e. The van der Waals surface area contributed by atoms with Crippen molar-refractivity contribution in [3.63, 3.8) is 0 Å². The van der Waals surface area contributed by atoms with E-state index in [1.54, 1.807) is 0 Å². The highest BCUT2D eigenvalue weighted by Gasteiger charge is 2.47. The van der Waals surface area contributed by atoms with E-state index in [-0.39, 0.29) is 11.7 Å². The van der Waals surface area contributed by atoms with Crippen molar-refractivity contribution in [1.29, 1.82) is 0 Å². The molecule has 0 amide bonds. The Kier molecular flexibility index (Phi) is 1.77. The molecule has 0 spiro atoms. The van der Waals surface area contributed by atoms with Crippen LogP contribution in [0.4, 0.5) is 4.39 Å². The zero-order chi connectivity index (χ0) is 11.3. The molecule has 0 radical (unpaired) electrons. The Bertz CT molecular complexity index is 578. The maximum absolute atomic E-state index is 12.9. The molecule has 0 aliphatic heterocycles. The summed E-state index contributed by atoms with van der Waals surface area (Å²) in [6.45, 7) is 0. The Labute approximate surface area is 89.7 Å². The first-order valence-corrected chi connectivity index (χ1v) is 4.94. The molecule has 1 aromatic carbocycles. The fraction of sp³-hybridized carbons (Fsp3) is 0.273. The highest BCUT2D eigenvalue weighted by Crippen LogP contribution is 2.47. The van der Waals surface area contributed by atoms with E-state index in [2.05, 4.69) is 4.98 Å². The van der Waals surface area contributed by atoms with E-state index >= 15 is 0 Å².